The van der Waals surface area contributed by atoms with Crippen molar-refractivity contribution in [3.05, 3.63) is 23.8 Å². The molecule has 4 nitrogen and oxygen atoms in total. The molecule has 0 radical (unpaired) electrons. The standard InChI is InChI=1S/C11H11N3OS/c1-16-11-13-8-4-2-3-7-9(8)14(11)6-5-12-10(7)15/h2-4H,5-6H2,1H3,(H,12,15). The van der Waals surface area contributed by atoms with Gasteiger partial charge in [-0.2, -0.15) is 0 Å². The van der Waals surface area contributed by atoms with Crippen LogP contribution in [0.25, 0.3) is 11.0 Å². The molecule has 1 N–H and O–H groups in total. The molecule has 1 aromatic carbocycles. The van der Waals surface area contributed by atoms with Gasteiger partial charge in [0.15, 0.2) is 5.16 Å². The summed E-state index contributed by atoms with van der Waals surface area (Å²) in [6.45, 7) is 1.45. The van der Waals surface area contributed by atoms with Gasteiger partial charge in [0.1, 0.15) is 0 Å². The maximum absolute atomic E-state index is 11.8. The summed E-state index contributed by atoms with van der Waals surface area (Å²) in [7, 11) is 0. The Morgan fingerprint density at radius 2 is 2.38 bits per heavy atom. The van der Waals surface area contributed by atoms with Gasteiger partial charge < -0.3 is 9.88 Å². The smallest absolute Gasteiger partial charge is 0.253 e. The number of para-hydroxylation sites is 1. The molecule has 0 bridgehead atoms. The third-order valence-corrected chi connectivity index (χ3v) is 3.46. The molecule has 1 amide bonds. The fraction of sp³-hybridized carbons (Fsp3) is 0.273. The van der Waals surface area contributed by atoms with Crippen molar-refractivity contribution in [1.82, 2.24) is 14.9 Å². The molecule has 0 unspecified atom stereocenters. The average Bonchev–Trinajstić information content (AvgIpc) is 2.57. The van der Waals surface area contributed by atoms with E-state index in [2.05, 4.69) is 14.9 Å². The fourth-order valence-electron chi connectivity index (χ4n) is 2.09. The number of imidazole rings is 1. The number of hydrogen-bond acceptors (Lipinski definition) is 3. The molecule has 1 aliphatic heterocycles. The number of carbonyl (C=O) groups is 1. The van der Waals surface area contributed by atoms with E-state index >= 15 is 0 Å². The van der Waals surface area contributed by atoms with E-state index in [1.165, 1.54) is 0 Å². The highest BCUT2D eigenvalue weighted by Crippen LogP contribution is 2.26. The van der Waals surface area contributed by atoms with Gasteiger partial charge in [-0.3, -0.25) is 4.79 Å². The minimum atomic E-state index is -0.00287. The van der Waals surface area contributed by atoms with E-state index in [4.69, 9.17) is 0 Å². The molecule has 2 aromatic rings. The van der Waals surface area contributed by atoms with Crippen LogP contribution in [-0.2, 0) is 6.54 Å². The third kappa shape index (κ3) is 1.24. The Balaban J connectivity index is 2.41. The molecular formula is C11H11N3OS. The minimum Gasteiger partial charge on any atom is -0.350 e. The van der Waals surface area contributed by atoms with Crippen LogP contribution in [-0.4, -0.2) is 28.3 Å². The quantitative estimate of drug-likeness (QED) is 0.759. The number of carbonyl (C=O) groups excluding carboxylic acids is 1. The van der Waals surface area contributed by atoms with Crippen molar-refractivity contribution in [2.24, 2.45) is 0 Å². The van der Waals surface area contributed by atoms with E-state index < -0.39 is 0 Å². The predicted molar refractivity (Wildman–Crippen MR) is 63.8 cm³/mol. The lowest BCUT2D eigenvalue weighted by molar-refractivity contribution is 0.0956. The molecule has 1 aromatic heterocycles. The molecule has 2 heterocycles. The lowest BCUT2D eigenvalue weighted by Gasteiger charge is -2.03. The second kappa shape index (κ2) is 3.52. The van der Waals surface area contributed by atoms with Crippen LogP contribution in [0.1, 0.15) is 10.4 Å². The lowest BCUT2D eigenvalue weighted by Crippen LogP contribution is -2.24. The molecule has 5 heteroatoms. The van der Waals surface area contributed by atoms with Crippen LogP contribution in [0.3, 0.4) is 0 Å². The van der Waals surface area contributed by atoms with Crippen molar-refractivity contribution in [1.29, 1.82) is 0 Å². The lowest BCUT2D eigenvalue weighted by atomic mass is 10.2. The number of thioether (sulfide) groups is 1. The third-order valence-electron chi connectivity index (χ3n) is 2.78. The van der Waals surface area contributed by atoms with Crippen molar-refractivity contribution in [2.45, 2.75) is 11.7 Å². The van der Waals surface area contributed by atoms with Gasteiger partial charge in [-0.15, -0.1) is 0 Å². The zero-order chi connectivity index (χ0) is 11.1. The molecule has 0 aliphatic carbocycles. The Hall–Kier alpha value is -1.49. The SMILES string of the molecule is CSc1nc2cccc3c2n1CCNC3=O. The van der Waals surface area contributed by atoms with E-state index in [1.54, 1.807) is 11.8 Å². The molecule has 0 fully saturated rings. The highest BCUT2D eigenvalue weighted by atomic mass is 32.2. The number of nitrogens with one attached hydrogen (secondary N) is 1. The second-order valence-corrected chi connectivity index (χ2v) is 4.45. The monoisotopic (exact) mass is 233 g/mol. The van der Waals surface area contributed by atoms with Gasteiger partial charge in [0.05, 0.1) is 16.6 Å². The van der Waals surface area contributed by atoms with E-state index in [9.17, 15) is 4.79 Å². The van der Waals surface area contributed by atoms with Crippen LogP contribution in [0.2, 0.25) is 0 Å². The van der Waals surface area contributed by atoms with Gasteiger partial charge in [0.25, 0.3) is 5.91 Å². The molecule has 0 atom stereocenters. The highest BCUT2D eigenvalue weighted by Gasteiger charge is 2.20. The maximum atomic E-state index is 11.8. The molecule has 82 valence electrons. The highest BCUT2D eigenvalue weighted by molar-refractivity contribution is 7.98. The van der Waals surface area contributed by atoms with Gasteiger partial charge in [-0.05, 0) is 18.4 Å². The summed E-state index contributed by atoms with van der Waals surface area (Å²) in [4.78, 5) is 16.4. The second-order valence-electron chi connectivity index (χ2n) is 3.68. The van der Waals surface area contributed by atoms with Crippen LogP contribution in [0.4, 0.5) is 0 Å². The van der Waals surface area contributed by atoms with Crippen molar-refractivity contribution in [3.63, 3.8) is 0 Å². The van der Waals surface area contributed by atoms with Gasteiger partial charge in [-0.1, -0.05) is 17.8 Å². The molecular weight excluding hydrogens is 222 g/mol. The average molecular weight is 233 g/mol. The van der Waals surface area contributed by atoms with Gasteiger partial charge in [-0.25, -0.2) is 4.98 Å². The Morgan fingerprint density at radius 1 is 1.50 bits per heavy atom. The Morgan fingerprint density at radius 3 is 3.19 bits per heavy atom. The molecule has 0 saturated heterocycles. The number of rotatable bonds is 1. The van der Waals surface area contributed by atoms with Crippen LogP contribution in [0, 0.1) is 0 Å². The van der Waals surface area contributed by atoms with Crippen LogP contribution in [0.5, 0.6) is 0 Å². The fourth-order valence-corrected chi connectivity index (χ4v) is 2.68. The van der Waals surface area contributed by atoms with E-state index in [0.29, 0.717) is 6.54 Å². The van der Waals surface area contributed by atoms with E-state index in [0.717, 1.165) is 28.3 Å². The normalized spacial score (nSPS) is 14.9. The topological polar surface area (TPSA) is 46.9 Å². The summed E-state index contributed by atoms with van der Waals surface area (Å²) >= 11 is 1.61. The summed E-state index contributed by atoms with van der Waals surface area (Å²) in [5.74, 6) is -0.00287. The zero-order valence-electron chi connectivity index (χ0n) is 8.86. The number of benzene rings is 1. The van der Waals surface area contributed by atoms with Crippen LogP contribution < -0.4 is 5.32 Å². The summed E-state index contributed by atoms with van der Waals surface area (Å²) in [6, 6.07) is 5.68. The Bertz CT molecular complexity index is 576. The predicted octanol–water partition coefficient (Wildman–Crippen LogP) is 1.50. The molecule has 3 rings (SSSR count). The van der Waals surface area contributed by atoms with Gasteiger partial charge in [0.2, 0.25) is 0 Å². The summed E-state index contributed by atoms with van der Waals surface area (Å²) in [5.41, 5.74) is 2.59. The molecule has 0 saturated carbocycles. The number of nitrogens with zero attached hydrogens (tertiary/aromatic N) is 2. The summed E-state index contributed by atoms with van der Waals surface area (Å²) in [6.07, 6.45) is 2.00. The Kier molecular flexibility index (Phi) is 2.14. The molecule has 0 spiro atoms. The summed E-state index contributed by atoms with van der Waals surface area (Å²) in [5, 5.41) is 3.86. The van der Waals surface area contributed by atoms with Crippen LogP contribution >= 0.6 is 11.8 Å². The van der Waals surface area contributed by atoms with Crippen molar-refractivity contribution < 1.29 is 4.79 Å². The van der Waals surface area contributed by atoms with Gasteiger partial charge >= 0.3 is 0 Å². The van der Waals surface area contributed by atoms with E-state index in [-0.39, 0.29) is 5.91 Å². The van der Waals surface area contributed by atoms with Gasteiger partial charge in [0, 0.05) is 13.1 Å². The maximum Gasteiger partial charge on any atom is 0.253 e. The molecule has 16 heavy (non-hydrogen) atoms. The minimum absolute atomic E-state index is 0.00287. The Labute approximate surface area is 97.0 Å². The first-order valence-corrected chi connectivity index (χ1v) is 6.35. The number of hydrogen-bond donors (Lipinski definition) is 1. The number of aromatic nitrogens is 2. The van der Waals surface area contributed by atoms with Crippen molar-refractivity contribution in [2.75, 3.05) is 12.8 Å². The molecule has 1 aliphatic rings. The number of amides is 1. The largest absolute Gasteiger partial charge is 0.350 e. The van der Waals surface area contributed by atoms with Crippen molar-refractivity contribution >= 4 is 28.7 Å². The first kappa shape index (κ1) is 9.72. The first-order chi connectivity index (χ1) is 7.81. The van der Waals surface area contributed by atoms with Crippen molar-refractivity contribution in [3.8, 4) is 0 Å². The first-order valence-electron chi connectivity index (χ1n) is 5.12. The van der Waals surface area contributed by atoms with E-state index in [1.807, 2.05) is 24.5 Å². The zero-order valence-corrected chi connectivity index (χ0v) is 9.67. The van der Waals surface area contributed by atoms with Crippen LogP contribution in [0.15, 0.2) is 23.4 Å². The summed E-state index contributed by atoms with van der Waals surface area (Å²) < 4.78 is 2.12.